The van der Waals surface area contributed by atoms with Gasteiger partial charge < -0.3 is 14.2 Å². The Hall–Kier alpha value is -0.260. The van der Waals surface area contributed by atoms with Crippen molar-refractivity contribution in [1.29, 1.82) is 0 Å². The average molecular weight is 368 g/mol. The highest BCUT2D eigenvalue weighted by Gasteiger charge is 2.10. The molecular weight excluding hydrogens is 352 g/mol. The first kappa shape index (κ1) is 14.8. The largest absolute Gasteiger partial charge is 0.493 e. The van der Waals surface area contributed by atoms with E-state index in [0.29, 0.717) is 13.2 Å². The van der Waals surface area contributed by atoms with E-state index in [2.05, 4.69) is 31.9 Å². The summed E-state index contributed by atoms with van der Waals surface area (Å²) in [4.78, 5) is 0. The van der Waals surface area contributed by atoms with Gasteiger partial charge >= 0.3 is 0 Å². The maximum atomic E-state index is 5.62. The van der Waals surface area contributed by atoms with E-state index in [1.807, 2.05) is 12.1 Å². The fourth-order valence-corrected chi connectivity index (χ4v) is 2.44. The standard InChI is InChI=1S/C12H16Br2O3/c1-15-3-4-17-12-6-10(8-14)9(7-13)5-11(12)16-2/h5-6H,3-4,7-8H2,1-2H3. The fourth-order valence-electron chi connectivity index (χ4n) is 1.40. The first-order valence-electron chi connectivity index (χ1n) is 5.20. The average Bonchev–Trinajstić information content (AvgIpc) is 2.38. The smallest absolute Gasteiger partial charge is 0.161 e. The molecule has 96 valence electrons. The number of methoxy groups -OCH3 is 2. The van der Waals surface area contributed by atoms with Gasteiger partial charge in [-0.05, 0) is 23.3 Å². The molecule has 0 aliphatic heterocycles. The van der Waals surface area contributed by atoms with Crippen LogP contribution in [0.1, 0.15) is 11.1 Å². The molecule has 0 aliphatic carbocycles. The van der Waals surface area contributed by atoms with E-state index in [4.69, 9.17) is 14.2 Å². The molecule has 0 fully saturated rings. The maximum absolute atomic E-state index is 5.62. The molecule has 1 rings (SSSR count). The van der Waals surface area contributed by atoms with Crippen molar-refractivity contribution in [2.24, 2.45) is 0 Å². The van der Waals surface area contributed by atoms with E-state index >= 15 is 0 Å². The van der Waals surface area contributed by atoms with Crippen molar-refractivity contribution in [3.63, 3.8) is 0 Å². The summed E-state index contributed by atoms with van der Waals surface area (Å²) in [5.74, 6) is 1.50. The number of halogens is 2. The van der Waals surface area contributed by atoms with Crippen molar-refractivity contribution < 1.29 is 14.2 Å². The minimum atomic E-state index is 0.516. The molecule has 0 N–H and O–H groups in total. The lowest BCUT2D eigenvalue weighted by atomic mass is 10.1. The van der Waals surface area contributed by atoms with Crippen LogP contribution < -0.4 is 9.47 Å². The van der Waals surface area contributed by atoms with Crippen molar-refractivity contribution in [2.75, 3.05) is 27.4 Å². The molecule has 0 amide bonds. The van der Waals surface area contributed by atoms with E-state index in [-0.39, 0.29) is 0 Å². The zero-order valence-electron chi connectivity index (χ0n) is 9.96. The van der Waals surface area contributed by atoms with Crippen LogP contribution in [0.15, 0.2) is 12.1 Å². The lowest BCUT2D eigenvalue weighted by Gasteiger charge is -2.14. The maximum Gasteiger partial charge on any atom is 0.161 e. The number of rotatable bonds is 7. The van der Waals surface area contributed by atoms with Crippen LogP contribution in [0, 0.1) is 0 Å². The van der Waals surface area contributed by atoms with Gasteiger partial charge in [0.15, 0.2) is 11.5 Å². The Kier molecular flexibility index (Phi) is 6.92. The third-order valence-electron chi connectivity index (χ3n) is 2.32. The lowest BCUT2D eigenvalue weighted by molar-refractivity contribution is 0.144. The highest BCUT2D eigenvalue weighted by atomic mass is 79.9. The van der Waals surface area contributed by atoms with Crippen LogP contribution in [-0.4, -0.2) is 27.4 Å². The predicted molar refractivity (Wildman–Crippen MR) is 75.6 cm³/mol. The van der Waals surface area contributed by atoms with Gasteiger partial charge in [0.25, 0.3) is 0 Å². The second-order valence-electron chi connectivity index (χ2n) is 3.38. The van der Waals surface area contributed by atoms with Crippen LogP contribution >= 0.6 is 31.9 Å². The van der Waals surface area contributed by atoms with Gasteiger partial charge in [0, 0.05) is 17.8 Å². The summed E-state index contributed by atoms with van der Waals surface area (Å²) in [5.41, 5.74) is 2.38. The van der Waals surface area contributed by atoms with Crippen molar-refractivity contribution >= 4 is 31.9 Å². The molecule has 0 aromatic heterocycles. The second-order valence-corrected chi connectivity index (χ2v) is 4.50. The molecule has 0 spiro atoms. The van der Waals surface area contributed by atoms with Crippen molar-refractivity contribution in [3.8, 4) is 11.5 Å². The van der Waals surface area contributed by atoms with Crippen LogP contribution in [0.3, 0.4) is 0 Å². The molecule has 0 unspecified atom stereocenters. The Morgan fingerprint density at radius 2 is 1.53 bits per heavy atom. The van der Waals surface area contributed by atoms with Crippen LogP contribution in [-0.2, 0) is 15.4 Å². The first-order chi connectivity index (χ1) is 8.26. The molecule has 17 heavy (non-hydrogen) atoms. The Morgan fingerprint density at radius 3 is 2.00 bits per heavy atom. The summed E-state index contributed by atoms with van der Waals surface area (Å²) in [6.07, 6.45) is 0. The van der Waals surface area contributed by atoms with Gasteiger partial charge in [-0.1, -0.05) is 31.9 Å². The van der Waals surface area contributed by atoms with Crippen LogP contribution in [0.25, 0.3) is 0 Å². The summed E-state index contributed by atoms with van der Waals surface area (Å²) < 4.78 is 15.9. The number of ether oxygens (including phenoxy) is 3. The quantitative estimate of drug-likeness (QED) is 0.545. The summed E-state index contributed by atoms with van der Waals surface area (Å²) in [6, 6.07) is 3.99. The molecule has 1 aromatic rings. The van der Waals surface area contributed by atoms with Gasteiger partial charge in [-0.3, -0.25) is 0 Å². The minimum Gasteiger partial charge on any atom is -0.493 e. The summed E-state index contributed by atoms with van der Waals surface area (Å²) >= 11 is 6.93. The molecule has 1 aromatic carbocycles. The van der Waals surface area contributed by atoms with Gasteiger partial charge in [0.2, 0.25) is 0 Å². The minimum absolute atomic E-state index is 0.516. The molecule has 3 nitrogen and oxygen atoms in total. The molecule has 0 bridgehead atoms. The number of benzene rings is 1. The molecule has 0 aliphatic rings. The third-order valence-corrected chi connectivity index (χ3v) is 3.53. The Balaban J connectivity index is 2.93. The normalized spacial score (nSPS) is 10.4. The molecule has 0 heterocycles. The van der Waals surface area contributed by atoms with E-state index in [1.54, 1.807) is 14.2 Å². The number of hydrogen-bond acceptors (Lipinski definition) is 3. The van der Waals surface area contributed by atoms with Crippen LogP contribution in [0.2, 0.25) is 0 Å². The van der Waals surface area contributed by atoms with Crippen molar-refractivity contribution in [3.05, 3.63) is 23.3 Å². The number of alkyl halides is 2. The van der Waals surface area contributed by atoms with Gasteiger partial charge in [0.05, 0.1) is 13.7 Å². The Morgan fingerprint density at radius 1 is 0.941 bits per heavy atom. The van der Waals surface area contributed by atoms with Crippen molar-refractivity contribution in [1.82, 2.24) is 0 Å². The lowest BCUT2D eigenvalue weighted by Crippen LogP contribution is -2.06. The Bertz CT molecular complexity index is 356. The van der Waals surface area contributed by atoms with Gasteiger partial charge in [0.1, 0.15) is 6.61 Å². The Labute approximate surface area is 119 Å². The summed E-state index contributed by atoms with van der Waals surface area (Å²) in [7, 11) is 3.29. The predicted octanol–water partition coefficient (Wildman–Crippen LogP) is 3.51. The zero-order valence-corrected chi connectivity index (χ0v) is 13.1. The van der Waals surface area contributed by atoms with Crippen LogP contribution in [0.4, 0.5) is 0 Å². The van der Waals surface area contributed by atoms with E-state index < -0.39 is 0 Å². The zero-order chi connectivity index (χ0) is 12.7. The molecule has 0 radical (unpaired) electrons. The van der Waals surface area contributed by atoms with E-state index in [0.717, 1.165) is 22.2 Å². The van der Waals surface area contributed by atoms with Gasteiger partial charge in [-0.2, -0.15) is 0 Å². The van der Waals surface area contributed by atoms with E-state index in [9.17, 15) is 0 Å². The summed E-state index contributed by atoms with van der Waals surface area (Å²) in [5, 5.41) is 1.58. The fraction of sp³-hybridized carbons (Fsp3) is 0.500. The molecule has 0 saturated carbocycles. The molecule has 0 atom stereocenters. The third kappa shape index (κ3) is 4.16. The highest BCUT2D eigenvalue weighted by molar-refractivity contribution is 9.09. The van der Waals surface area contributed by atoms with Gasteiger partial charge in [-0.25, -0.2) is 0 Å². The first-order valence-corrected chi connectivity index (χ1v) is 7.44. The van der Waals surface area contributed by atoms with Crippen LogP contribution in [0.5, 0.6) is 11.5 Å². The highest BCUT2D eigenvalue weighted by Crippen LogP contribution is 2.32. The molecular formula is C12H16Br2O3. The monoisotopic (exact) mass is 366 g/mol. The van der Waals surface area contributed by atoms with Gasteiger partial charge in [-0.15, -0.1) is 0 Å². The van der Waals surface area contributed by atoms with Crippen molar-refractivity contribution in [2.45, 2.75) is 10.7 Å². The van der Waals surface area contributed by atoms with E-state index in [1.165, 1.54) is 11.1 Å². The number of hydrogen-bond donors (Lipinski definition) is 0. The topological polar surface area (TPSA) is 27.7 Å². The molecule has 0 saturated heterocycles. The molecule has 5 heteroatoms. The SMILES string of the molecule is COCCOc1cc(CBr)c(CBr)cc1OC. The summed E-state index contributed by atoms with van der Waals surface area (Å²) in [6.45, 7) is 1.08. The second kappa shape index (κ2) is 7.95.